The quantitative estimate of drug-likeness (QED) is 0.613. The average molecular weight is 430 g/mol. The molecule has 1 aliphatic heterocycles. The SMILES string of the molecule is Cc1ccc(S(=O)(=O)N2CCC[C@@H](c3nnc(Cc4ccc(F)cc4)o3)C2)c(C)c1. The number of aryl methyl sites for hydroxylation is 2. The molecule has 0 unspecified atom stereocenters. The molecule has 1 saturated heterocycles. The number of nitrogens with zero attached hydrogens (tertiary/aromatic N) is 3. The van der Waals surface area contributed by atoms with E-state index < -0.39 is 10.0 Å². The minimum atomic E-state index is -3.59. The Morgan fingerprint density at radius 3 is 2.63 bits per heavy atom. The van der Waals surface area contributed by atoms with E-state index in [1.165, 1.54) is 16.4 Å². The number of hydrogen-bond acceptors (Lipinski definition) is 5. The fourth-order valence-electron chi connectivity index (χ4n) is 3.87. The number of benzene rings is 2. The van der Waals surface area contributed by atoms with E-state index in [1.54, 1.807) is 18.2 Å². The zero-order valence-electron chi connectivity index (χ0n) is 17.0. The summed E-state index contributed by atoms with van der Waals surface area (Å²) in [7, 11) is -3.59. The van der Waals surface area contributed by atoms with Crippen LogP contribution in [0.15, 0.2) is 51.8 Å². The number of sulfonamides is 1. The highest BCUT2D eigenvalue weighted by molar-refractivity contribution is 7.89. The third kappa shape index (κ3) is 4.29. The molecule has 1 fully saturated rings. The maximum absolute atomic E-state index is 13.2. The molecule has 6 nitrogen and oxygen atoms in total. The van der Waals surface area contributed by atoms with Gasteiger partial charge in [-0.3, -0.25) is 0 Å². The van der Waals surface area contributed by atoms with Crippen LogP contribution in [0.1, 0.15) is 47.2 Å². The molecule has 0 saturated carbocycles. The van der Waals surface area contributed by atoms with Crippen molar-refractivity contribution in [2.75, 3.05) is 13.1 Å². The normalized spacial score (nSPS) is 17.9. The summed E-state index contributed by atoms with van der Waals surface area (Å²) in [4.78, 5) is 0.344. The van der Waals surface area contributed by atoms with Gasteiger partial charge in [-0.15, -0.1) is 10.2 Å². The minimum absolute atomic E-state index is 0.145. The van der Waals surface area contributed by atoms with Crippen molar-refractivity contribution in [3.63, 3.8) is 0 Å². The van der Waals surface area contributed by atoms with E-state index in [0.717, 1.165) is 29.5 Å². The highest BCUT2D eigenvalue weighted by atomic mass is 32.2. The van der Waals surface area contributed by atoms with Gasteiger partial charge in [0.15, 0.2) is 0 Å². The topological polar surface area (TPSA) is 76.3 Å². The zero-order chi connectivity index (χ0) is 21.3. The third-order valence-electron chi connectivity index (χ3n) is 5.43. The highest BCUT2D eigenvalue weighted by Crippen LogP contribution is 2.31. The summed E-state index contributed by atoms with van der Waals surface area (Å²) in [6.07, 6.45) is 1.92. The van der Waals surface area contributed by atoms with Crippen LogP contribution in [0.5, 0.6) is 0 Å². The summed E-state index contributed by atoms with van der Waals surface area (Å²) in [6.45, 7) is 4.55. The van der Waals surface area contributed by atoms with Crippen molar-refractivity contribution in [1.82, 2.24) is 14.5 Å². The second kappa shape index (κ2) is 8.28. The Balaban J connectivity index is 1.50. The summed E-state index contributed by atoms with van der Waals surface area (Å²) in [5, 5.41) is 8.26. The zero-order valence-corrected chi connectivity index (χ0v) is 17.8. The van der Waals surface area contributed by atoms with Crippen molar-refractivity contribution in [2.45, 2.75) is 43.9 Å². The van der Waals surface area contributed by atoms with Crippen LogP contribution >= 0.6 is 0 Å². The van der Waals surface area contributed by atoms with Crippen molar-refractivity contribution in [2.24, 2.45) is 0 Å². The van der Waals surface area contributed by atoms with Crippen LogP contribution in [0.4, 0.5) is 4.39 Å². The molecule has 1 aliphatic rings. The van der Waals surface area contributed by atoms with Gasteiger partial charge in [0.25, 0.3) is 0 Å². The van der Waals surface area contributed by atoms with Crippen molar-refractivity contribution in [3.05, 3.63) is 76.8 Å². The Kier molecular flexibility index (Phi) is 5.71. The molecule has 0 bridgehead atoms. The standard InChI is InChI=1S/C22H24FN3O3S/c1-15-5-10-20(16(2)12-15)30(27,28)26-11-3-4-18(14-26)22-25-24-21(29-22)13-17-6-8-19(23)9-7-17/h5-10,12,18H,3-4,11,13-14H2,1-2H3/t18-/m1/s1. The van der Waals surface area contributed by atoms with Gasteiger partial charge in [0.2, 0.25) is 21.8 Å². The van der Waals surface area contributed by atoms with E-state index in [1.807, 2.05) is 26.0 Å². The molecule has 0 aliphatic carbocycles. The maximum Gasteiger partial charge on any atom is 0.243 e. The Labute approximate surface area is 175 Å². The molecule has 2 heterocycles. The van der Waals surface area contributed by atoms with E-state index in [0.29, 0.717) is 36.2 Å². The Bertz CT molecular complexity index is 1140. The fraction of sp³-hybridized carbons (Fsp3) is 0.364. The monoisotopic (exact) mass is 429 g/mol. The van der Waals surface area contributed by atoms with Crippen LogP contribution in [0.3, 0.4) is 0 Å². The summed E-state index contributed by atoms with van der Waals surface area (Å²) < 4.78 is 46.8. The van der Waals surface area contributed by atoms with Gasteiger partial charge < -0.3 is 4.42 Å². The van der Waals surface area contributed by atoms with E-state index in [9.17, 15) is 12.8 Å². The van der Waals surface area contributed by atoms with Gasteiger partial charge in [0.1, 0.15) is 5.82 Å². The Hall–Kier alpha value is -2.58. The molecular weight excluding hydrogens is 405 g/mol. The third-order valence-corrected chi connectivity index (χ3v) is 7.46. The molecule has 0 amide bonds. The number of hydrogen-bond donors (Lipinski definition) is 0. The minimum Gasteiger partial charge on any atom is -0.425 e. The smallest absolute Gasteiger partial charge is 0.243 e. The lowest BCUT2D eigenvalue weighted by Crippen LogP contribution is -2.39. The molecular formula is C22H24FN3O3S. The first-order valence-corrected chi connectivity index (χ1v) is 11.4. The van der Waals surface area contributed by atoms with Crippen molar-refractivity contribution < 1.29 is 17.2 Å². The van der Waals surface area contributed by atoms with E-state index in [-0.39, 0.29) is 11.7 Å². The van der Waals surface area contributed by atoms with Crippen LogP contribution in [0.2, 0.25) is 0 Å². The maximum atomic E-state index is 13.2. The predicted octanol–water partition coefficient (Wildman–Crippen LogP) is 3.98. The van der Waals surface area contributed by atoms with Crippen LogP contribution < -0.4 is 0 Å². The van der Waals surface area contributed by atoms with Gasteiger partial charge in [-0.1, -0.05) is 29.8 Å². The molecule has 1 atom stereocenters. The van der Waals surface area contributed by atoms with E-state index in [2.05, 4.69) is 10.2 Å². The first-order valence-electron chi connectivity index (χ1n) is 9.97. The van der Waals surface area contributed by atoms with Crippen LogP contribution in [0.25, 0.3) is 0 Å². The molecule has 30 heavy (non-hydrogen) atoms. The average Bonchev–Trinajstić information content (AvgIpc) is 3.18. The largest absolute Gasteiger partial charge is 0.425 e. The first-order chi connectivity index (χ1) is 14.3. The molecule has 0 spiro atoms. The van der Waals surface area contributed by atoms with Crippen LogP contribution in [0, 0.1) is 19.7 Å². The number of piperidine rings is 1. The molecule has 8 heteroatoms. The lowest BCUT2D eigenvalue weighted by atomic mass is 10.00. The first kappa shape index (κ1) is 20.7. The molecule has 4 rings (SSSR count). The van der Waals surface area contributed by atoms with Crippen LogP contribution in [-0.2, 0) is 16.4 Å². The summed E-state index contributed by atoms with van der Waals surface area (Å²) in [6, 6.07) is 11.5. The Morgan fingerprint density at radius 2 is 1.90 bits per heavy atom. The second-order valence-corrected chi connectivity index (χ2v) is 9.71. The summed E-state index contributed by atoms with van der Waals surface area (Å²) >= 11 is 0. The molecule has 0 radical (unpaired) electrons. The van der Waals surface area contributed by atoms with Crippen LogP contribution in [-0.4, -0.2) is 36.0 Å². The molecule has 3 aromatic rings. The molecule has 2 aromatic carbocycles. The highest BCUT2D eigenvalue weighted by Gasteiger charge is 2.34. The van der Waals surface area contributed by atoms with Gasteiger partial charge in [0, 0.05) is 13.1 Å². The number of aromatic nitrogens is 2. The lowest BCUT2D eigenvalue weighted by molar-refractivity contribution is 0.281. The predicted molar refractivity (Wildman–Crippen MR) is 110 cm³/mol. The molecule has 0 N–H and O–H groups in total. The van der Waals surface area contributed by atoms with E-state index >= 15 is 0 Å². The van der Waals surface area contributed by atoms with Gasteiger partial charge >= 0.3 is 0 Å². The van der Waals surface area contributed by atoms with Crippen molar-refractivity contribution in [3.8, 4) is 0 Å². The van der Waals surface area contributed by atoms with E-state index in [4.69, 9.17) is 4.42 Å². The lowest BCUT2D eigenvalue weighted by Gasteiger charge is -2.30. The van der Waals surface area contributed by atoms with Crippen molar-refractivity contribution >= 4 is 10.0 Å². The number of halogens is 1. The fourth-order valence-corrected chi connectivity index (χ4v) is 5.60. The second-order valence-electron chi connectivity index (χ2n) is 7.81. The molecule has 1 aromatic heterocycles. The van der Waals surface area contributed by atoms with Gasteiger partial charge in [-0.05, 0) is 56.0 Å². The Morgan fingerprint density at radius 1 is 1.13 bits per heavy atom. The van der Waals surface area contributed by atoms with Gasteiger partial charge in [0.05, 0.1) is 17.2 Å². The molecule has 158 valence electrons. The van der Waals surface area contributed by atoms with Crippen molar-refractivity contribution in [1.29, 1.82) is 0 Å². The van der Waals surface area contributed by atoms with Gasteiger partial charge in [-0.2, -0.15) is 4.31 Å². The number of rotatable bonds is 5. The summed E-state index contributed by atoms with van der Waals surface area (Å²) in [5.41, 5.74) is 2.65. The summed E-state index contributed by atoms with van der Waals surface area (Å²) in [5.74, 6) is 0.449. The van der Waals surface area contributed by atoms with Gasteiger partial charge in [-0.25, -0.2) is 12.8 Å².